The van der Waals surface area contributed by atoms with E-state index < -0.39 is 10.0 Å². The number of amides is 1. The summed E-state index contributed by atoms with van der Waals surface area (Å²) in [5.41, 5.74) is 5.20. The van der Waals surface area contributed by atoms with Crippen molar-refractivity contribution in [1.82, 2.24) is 19.0 Å². The average molecular weight is 479 g/mol. The molecule has 0 saturated carbocycles. The molecule has 1 aromatic heterocycles. The molecule has 8 heteroatoms. The van der Waals surface area contributed by atoms with E-state index in [4.69, 9.17) is 0 Å². The normalized spacial score (nSPS) is 15.2. The van der Waals surface area contributed by atoms with E-state index in [9.17, 15) is 13.2 Å². The molecule has 0 radical (unpaired) electrons. The van der Waals surface area contributed by atoms with Crippen LogP contribution in [0.1, 0.15) is 28.1 Å². The molecule has 7 nitrogen and oxygen atoms in total. The Labute approximate surface area is 201 Å². The number of carbonyl (C=O) groups excluding carboxylic acids is 1. The van der Waals surface area contributed by atoms with Crippen molar-refractivity contribution in [1.29, 1.82) is 0 Å². The molecule has 0 atom stereocenters. The summed E-state index contributed by atoms with van der Waals surface area (Å²) < 4.78 is 29.0. The molecular formula is C26H30N4O3S. The Balaban J connectivity index is 1.39. The maximum Gasteiger partial charge on any atom is 0.246 e. The number of carbonyl (C=O) groups is 1. The molecule has 1 amide bonds. The van der Waals surface area contributed by atoms with Gasteiger partial charge in [-0.3, -0.25) is 9.48 Å². The molecule has 2 heterocycles. The summed E-state index contributed by atoms with van der Waals surface area (Å²) in [7, 11) is -3.54. The Kier molecular flexibility index (Phi) is 7.00. The van der Waals surface area contributed by atoms with Crippen molar-refractivity contribution in [3.63, 3.8) is 0 Å². The van der Waals surface area contributed by atoms with Crippen molar-refractivity contribution in [2.24, 2.45) is 0 Å². The third-order valence-electron chi connectivity index (χ3n) is 6.21. The van der Waals surface area contributed by atoms with E-state index in [0.717, 1.165) is 17.0 Å². The fraction of sp³-hybridized carbons (Fsp3) is 0.308. The van der Waals surface area contributed by atoms with Crippen molar-refractivity contribution in [2.75, 3.05) is 26.2 Å². The van der Waals surface area contributed by atoms with Crippen LogP contribution in [0.15, 0.2) is 65.6 Å². The van der Waals surface area contributed by atoms with Crippen molar-refractivity contribution < 1.29 is 13.2 Å². The third-order valence-corrected chi connectivity index (χ3v) is 8.13. The van der Waals surface area contributed by atoms with Gasteiger partial charge in [0, 0.05) is 43.5 Å². The van der Waals surface area contributed by atoms with Gasteiger partial charge >= 0.3 is 0 Å². The van der Waals surface area contributed by atoms with Crippen LogP contribution in [-0.2, 0) is 21.4 Å². The number of hydrogen-bond donors (Lipinski definition) is 0. The SMILES string of the molecule is Cc1ccc(Cn2nc(C)c(/C=C/C(=O)N3CCN(S(=O)(=O)c4ccccc4)CC3)c2C)cc1. The molecule has 0 unspecified atom stereocenters. The lowest BCUT2D eigenvalue weighted by molar-refractivity contribution is -0.127. The van der Waals surface area contributed by atoms with Crippen LogP contribution in [0.2, 0.25) is 0 Å². The zero-order chi connectivity index (χ0) is 24.3. The first-order valence-electron chi connectivity index (χ1n) is 11.4. The van der Waals surface area contributed by atoms with Gasteiger partial charge in [0.1, 0.15) is 0 Å². The molecule has 0 spiro atoms. The van der Waals surface area contributed by atoms with Gasteiger partial charge in [-0.25, -0.2) is 8.42 Å². The minimum Gasteiger partial charge on any atom is -0.337 e. The van der Waals surface area contributed by atoms with E-state index in [0.29, 0.717) is 19.6 Å². The van der Waals surface area contributed by atoms with E-state index in [2.05, 4.69) is 36.3 Å². The van der Waals surface area contributed by atoms with Gasteiger partial charge in [0.25, 0.3) is 0 Å². The third kappa shape index (κ3) is 5.13. The zero-order valence-electron chi connectivity index (χ0n) is 19.8. The van der Waals surface area contributed by atoms with E-state index in [1.165, 1.54) is 15.4 Å². The lowest BCUT2D eigenvalue weighted by atomic mass is 10.1. The molecule has 1 aliphatic rings. The molecule has 34 heavy (non-hydrogen) atoms. The van der Waals surface area contributed by atoms with Crippen LogP contribution in [0.5, 0.6) is 0 Å². The van der Waals surface area contributed by atoms with Crippen molar-refractivity contribution in [3.8, 4) is 0 Å². The highest BCUT2D eigenvalue weighted by Gasteiger charge is 2.29. The van der Waals surface area contributed by atoms with Gasteiger partial charge < -0.3 is 4.90 Å². The molecule has 0 N–H and O–H groups in total. The number of rotatable bonds is 6. The monoisotopic (exact) mass is 478 g/mol. The largest absolute Gasteiger partial charge is 0.337 e. The average Bonchev–Trinajstić information content (AvgIpc) is 3.11. The Morgan fingerprint density at radius 2 is 1.59 bits per heavy atom. The van der Waals surface area contributed by atoms with Crippen LogP contribution >= 0.6 is 0 Å². The second-order valence-corrected chi connectivity index (χ2v) is 10.5. The van der Waals surface area contributed by atoms with Gasteiger partial charge in [-0.1, -0.05) is 48.0 Å². The summed E-state index contributed by atoms with van der Waals surface area (Å²) in [6.07, 6.45) is 3.38. The summed E-state index contributed by atoms with van der Waals surface area (Å²) in [6, 6.07) is 16.8. The first kappa shape index (κ1) is 23.9. The van der Waals surface area contributed by atoms with Crippen LogP contribution in [0, 0.1) is 20.8 Å². The minimum atomic E-state index is -3.54. The van der Waals surface area contributed by atoms with Crippen molar-refractivity contribution in [2.45, 2.75) is 32.2 Å². The molecule has 0 aliphatic carbocycles. The molecular weight excluding hydrogens is 448 g/mol. The van der Waals surface area contributed by atoms with E-state index in [-0.39, 0.29) is 23.9 Å². The summed E-state index contributed by atoms with van der Waals surface area (Å²) in [6.45, 7) is 7.97. The Bertz CT molecular complexity index is 1290. The number of nitrogens with zero attached hydrogens (tertiary/aromatic N) is 4. The second kappa shape index (κ2) is 9.95. The molecule has 1 aliphatic heterocycles. The minimum absolute atomic E-state index is 0.123. The van der Waals surface area contributed by atoms with Crippen LogP contribution in [0.25, 0.3) is 6.08 Å². The van der Waals surface area contributed by atoms with E-state index >= 15 is 0 Å². The highest BCUT2D eigenvalue weighted by atomic mass is 32.2. The molecule has 4 rings (SSSR count). The number of aromatic nitrogens is 2. The molecule has 1 saturated heterocycles. The Hall–Kier alpha value is -3.23. The highest BCUT2D eigenvalue weighted by molar-refractivity contribution is 7.89. The number of sulfonamides is 1. The molecule has 0 bridgehead atoms. The fourth-order valence-corrected chi connectivity index (χ4v) is 5.57. The Morgan fingerprint density at radius 3 is 2.24 bits per heavy atom. The maximum atomic E-state index is 12.8. The smallest absolute Gasteiger partial charge is 0.246 e. The number of benzene rings is 2. The fourth-order valence-electron chi connectivity index (χ4n) is 4.12. The van der Waals surface area contributed by atoms with Crippen molar-refractivity contribution in [3.05, 3.63) is 88.8 Å². The van der Waals surface area contributed by atoms with Gasteiger partial charge in [-0.2, -0.15) is 9.40 Å². The van der Waals surface area contributed by atoms with Crippen LogP contribution < -0.4 is 0 Å². The maximum absolute atomic E-state index is 12.8. The summed E-state index contributed by atoms with van der Waals surface area (Å²) in [4.78, 5) is 14.8. The van der Waals surface area contributed by atoms with Gasteiger partial charge in [0.15, 0.2) is 0 Å². The van der Waals surface area contributed by atoms with Crippen LogP contribution in [0.3, 0.4) is 0 Å². The quantitative estimate of drug-likeness (QED) is 0.509. The highest BCUT2D eigenvalue weighted by Crippen LogP contribution is 2.19. The lowest BCUT2D eigenvalue weighted by Crippen LogP contribution is -2.50. The van der Waals surface area contributed by atoms with Gasteiger partial charge in [0.2, 0.25) is 15.9 Å². The molecule has 178 valence electrons. The van der Waals surface area contributed by atoms with Gasteiger partial charge in [0.05, 0.1) is 17.1 Å². The predicted molar refractivity (Wildman–Crippen MR) is 133 cm³/mol. The predicted octanol–water partition coefficient (Wildman–Crippen LogP) is 3.40. The lowest BCUT2D eigenvalue weighted by Gasteiger charge is -2.33. The molecule has 2 aromatic carbocycles. The standard InChI is InChI=1S/C26H30N4O3S/c1-20-9-11-23(12-10-20)19-30-22(3)25(21(2)27-30)13-14-26(31)28-15-17-29(18-16-28)34(32,33)24-7-5-4-6-8-24/h4-14H,15-19H2,1-3H3/b14-13+. The number of piperazine rings is 1. The van der Waals surface area contributed by atoms with Crippen LogP contribution in [0.4, 0.5) is 0 Å². The summed E-state index contributed by atoms with van der Waals surface area (Å²) in [5.74, 6) is -0.123. The van der Waals surface area contributed by atoms with Gasteiger partial charge in [-0.05, 0) is 44.5 Å². The number of aryl methyl sites for hydroxylation is 2. The van der Waals surface area contributed by atoms with E-state index in [1.54, 1.807) is 41.3 Å². The van der Waals surface area contributed by atoms with Crippen LogP contribution in [-0.4, -0.2) is 59.5 Å². The second-order valence-electron chi connectivity index (χ2n) is 8.60. The first-order valence-corrected chi connectivity index (χ1v) is 12.8. The summed E-state index contributed by atoms with van der Waals surface area (Å²) in [5, 5.41) is 4.65. The number of hydrogen-bond acceptors (Lipinski definition) is 4. The topological polar surface area (TPSA) is 75.5 Å². The van der Waals surface area contributed by atoms with E-state index in [1.807, 2.05) is 24.6 Å². The molecule has 3 aromatic rings. The summed E-state index contributed by atoms with van der Waals surface area (Å²) >= 11 is 0. The first-order chi connectivity index (χ1) is 16.3. The zero-order valence-corrected chi connectivity index (χ0v) is 20.6. The molecule has 1 fully saturated rings. The Morgan fingerprint density at radius 1 is 0.941 bits per heavy atom. The van der Waals surface area contributed by atoms with Crippen molar-refractivity contribution >= 4 is 22.0 Å². The van der Waals surface area contributed by atoms with Gasteiger partial charge in [-0.15, -0.1) is 0 Å².